The molecule has 0 aliphatic carbocycles. The average Bonchev–Trinajstić information content (AvgIpc) is 2.37. The van der Waals surface area contributed by atoms with Gasteiger partial charge in [0, 0.05) is 6.07 Å². The molecule has 0 atom stereocenters. The summed E-state index contributed by atoms with van der Waals surface area (Å²) in [7, 11) is 3.13. The Kier molecular flexibility index (Phi) is 5.11. The number of nitrogens with two attached hydrogens (primary N) is 1. The van der Waals surface area contributed by atoms with Crippen LogP contribution in [-0.2, 0) is 4.79 Å². The zero-order valence-electron chi connectivity index (χ0n) is 10.1. The van der Waals surface area contributed by atoms with Crippen LogP contribution in [0.15, 0.2) is 17.0 Å². The van der Waals surface area contributed by atoms with Gasteiger partial charge in [0.1, 0.15) is 11.5 Å². The Morgan fingerprint density at radius 3 is 2.47 bits per heavy atom. The van der Waals surface area contributed by atoms with Crippen LogP contribution in [0.25, 0.3) is 0 Å². The molecule has 6 heteroatoms. The normalized spacial score (nSPS) is 9.88. The second-order valence-corrected chi connectivity index (χ2v) is 4.01. The summed E-state index contributed by atoms with van der Waals surface area (Å²) >= 11 is 1.54. The lowest BCUT2D eigenvalue weighted by molar-refractivity contribution is -0.114. The minimum absolute atomic E-state index is 0.0737. The van der Waals surface area contributed by atoms with Crippen LogP contribution in [-0.4, -0.2) is 32.9 Å². The van der Waals surface area contributed by atoms with E-state index in [2.05, 4.69) is 5.32 Å². The number of benzene rings is 1. The van der Waals surface area contributed by atoms with Crippen molar-refractivity contribution in [2.75, 3.05) is 32.3 Å². The van der Waals surface area contributed by atoms with Crippen molar-refractivity contribution in [2.45, 2.75) is 4.90 Å². The number of carbonyl (C=O) groups excluding carboxylic acids is 1. The smallest absolute Gasteiger partial charge is 0.238 e. The van der Waals surface area contributed by atoms with Crippen molar-refractivity contribution in [1.29, 1.82) is 0 Å². The Balaban J connectivity index is 3.14. The quantitative estimate of drug-likeness (QED) is 0.777. The van der Waals surface area contributed by atoms with Crippen molar-refractivity contribution >= 4 is 23.4 Å². The van der Waals surface area contributed by atoms with Gasteiger partial charge >= 0.3 is 0 Å². The molecule has 1 amide bonds. The van der Waals surface area contributed by atoms with E-state index in [0.717, 1.165) is 4.90 Å². The van der Waals surface area contributed by atoms with Crippen LogP contribution in [0.5, 0.6) is 11.5 Å². The van der Waals surface area contributed by atoms with E-state index in [1.165, 1.54) is 0 Å². The molecule has 1 aromatic rings. The van der Waals surface area contributed by atoms with Gasteiger partial charge in [-0.1, -0.05) is 0 Å². The number of nitrogens with one attached hydrogen (secondary N) is 1. The molecule has 3 N–H and O–H groups in total. The molecule has 0 fully saturated rings. The highest BCUT2D eigenvalue weighted by molar-refractivity contribution is 7.98. The lowest BCUT2D eigenvalue weighted by Crippen LogP contribution is -2.22. The van der Waals surface area contributed by atoms with Crippen LogP contribution in [0.1, 0.15) is 0 Å². The molecule has 0 aliphatic heterocycles. The molecule has 1 rings (SSSR count). The Labute approximate surface area is 105 Å². The van der Waals surface area contributed by atoms with Crippen LogP contribution in [0, 0.1) is 0 Å². The predicted molar refractivity (Wildman–Crippen MR) is 69.0 cm³/mol. The Morgan fingerprint density at radius 2 is 2.00 bits per heavy atom. The lowest BCUT2D eigenvalue weighted by Gasteiger charge is -2.14. The van der Waals surface area contributed by atoms with Gasteiger partial charge in [-0.05, 0) is 12.3 Å². The zero-order chi connectivity index (χ0) is 12.8. The SMILES string of the molecule is COc1cc(SC)c(OC)cc1NC(=O)CN. The van der Waals surface area contributed by atoms with Crippen LogP contribution in [0.3, 0.4) is 0 Å². The Hall–Kier alpha value is -1.40. The number of anilines is 1. The summed E-state index contributed by atoms with van der Waals surface area (Å²) in [6.45, 7) is -0.0737. The van der Waals surface area contributed by atoms with Crippen LogP contribution in [0.2, 0.25) is 0 Å². The van der Waals surface area contributed by atoms with Crippen molar-refractivity contribution in [3.63, 3.8) is 0 Å². The third kappa shape index (κ3) is 3.28. The standard InChI is InChI=1S/C11H16N2O3S/c1-15-8-5-10(17-3)9(16-2)4-7(8)13-11(14)6-12/h4-5H,6,12H2,1-3H3,(H,13,14). The summed E-state index contributed by atoms with van der Waals surface area (Å²) < 4.78 is 10.4. The van der Waals surface area contributed by atoms with E-state index in [-0.39, 0.29) is 12.5 Å². The first-order valence-corrected chi connectivity index (χ1v) is 6.18. The van der Waals surface area contributed by atoms with Gasteiger partial charge in [-0.25, -0.2) is 0 Å². The average molecular weight is 256 g/mol. The molecule has 0 spiro atoms. The second-order valence-electron chi connectivity index (χ2n) is 3.16. The molecular formula is C11H16N2O3S. The van der Waals surface area contributed by atoms with Gasteiger partial charge in [0.2, 0.25) is 5.91 Å². The highest BCUT2D eigenvalue weighted by atomic mass is 32.2. The number of methoxy groups -OCH3 is 2. The third-order valence-corrected chi connectivity index (χ3v) is 2.92. The van der Waals surface area contributed by atoms with Crippen molar-refractivity contribution in [3.8, 4) is 11.5 Å². The Morgan fingerprint density at radius 1 is 1.35 bits per heavy atom. The minimum atomic E-state index is -0.276. The van der Waals surface area contributed by atoms with Crippen molar-refractivity contribution in [2.24, 2.45) is 5.73 Å². The first-order valence-electron chi connectivity index (χ1n) is 4.96. The fourth-order valence-electron chi connectivity index (χ4n) is 1.33. The molecule has 0 bridgehead atoms. The Bertz CT molecular complexity index is 410. The fraction of sp³-hybridized carbons (Fsp3) is 0.364. The van der Waals surface area contributed by atoms with Gasteiger partial charge in [0.15, 0.2) is 0 Å². The molecule has 17 heavy (non-hydrogen) atoms. The van der Waals surface area contributed by atoms with Gasteiger partial charge in [0.25, 0.3) is 0 Å². The summed E-state index contributed by atoms with van der Waals surface area (Å²) in [5.41, 5.74) is 5.80. The van der Waals surface area contributed by atoms with E-state index >= 15 is 0 Å². The molecule has 5 nitrogen and oxygen atoms in total. The fourth-order valence-corrected chi connectivity index (χ4v) is 1.90. The van der Waals surface area contributed by atoms with Crippen molar-refractivity contribution < 1.29 is 14.3 Å². The van der Waals surface area contributed by atoms with Crippen molar-refractivity contribution in [3.05, 3.63) is 12.1 Å². The molecule has 0 saturated carbocycles. The molecule has 0 aromatic heterocycles. The summed E-state index contributed by atoms with van der Waals surface area (Å²) in [6, 6.07) is 3.54. The topological polar surface area (TPSA) is 73.6 Å². The van der Waals surface area contributed by atoms with E-state index in [1.807, 2.05) is 12.3 Å². The van der Waals surface area contributed by atoms with Crippen LogP contribution >= 0.6 is 11.8 Å². The van der Waals surface area contributed by atoms with Gasteiger partial charge in [-0.15, -0.1) is 11.8 Å². The number of rotatable bonds is 5. The molecule has 0 saturated heterocycles. The molecular weight excluding hydrogens is 240 g/mol. The zero-order valence-corrected chi connectivity index (χ0v) is 10.9. The molecule has 0 radical (unpaired) electrons. The second kappa shape index (κ2) is 6.36. The maximum atomic E-state index is 11.3. The third-order valence-electron chi connectivity index (χ3n) is 2.17. The predicted octanol–water partition coefficient (Wildman–Crippen LogP) is 1.32. The highest BCUT2D eigenvalue weighted by Crippen LogP contribution is 2.37. The van der Waals surface area contributed by atoms with Gasteiger partial charge in [0.05, 0.1) is 31.3 Å². The van der Waals surface area contributed by atoms with E-state index in [1.54, 1.807) is 32.0 Å². The van der Waals surface area contributed by atoms with E-state index in [9.17, 15) is 4.79 Å². The lowest BCUT2D eigenvalue weighted by atomic mass is 10.2. The summed E-state index contributed by atoms with van der Waals surface area (Å²) in [5, 5.41) is 2.66. The van der Waals surface area contributed by atoms with Gasteiger partial charge in [-0.3, -0.25) is 4.79 Å². The number of thioether (sulfide) groups is 1. The van der Waals surface area contributed by atoms with Gasteiger partial charge < -0.3 is 20.5 Å². The monoisotopic (exact) mass is 256 g/mol. The van der Waals surface area contributed by atoms with E-state index in [0.29, 0.717) is 17.2 Å². The molecule has 0 aliphatic rings. The van der Waals surface area contributed by atoms with E-state index < -0.39 is 0 Å². The largest absolute Gasteiger partial charge is 0.496 e. The summed E-state index contributed by atoms with van der Waals surface area (Å²) in [6.07, 6.45) is 1.94. The minimum Gasteiger partial charge on any atom is -0.496 e. The van der Waals surface area contributed by atoms with Crippen molar-refractivity contribution in [1.82, 2.24) is 0 Å². The molecule has 1 aromatic carbocycles. The number of hydrogen-bond acceptors (Lipinski definition) is 5. The highest BCUT2D eigenvalue weighted by Gasteiger charge is 2.12. The van der Waals surface area contributed by atoms with Gasteiger partial charge in [-0.2, -0.15) is 0 Å². The first-order chi connectivity index (χ1) is 8.15. The maximum Gasteiger partial charge on any atom is 0.238 e. The first kappa shape index (κ1) is 13.7. The molecule has 94 valence electrons. The number of amides is 1. The number of carbonyl (C=O) groups is 1. The van der Waals surface area contributed by atoms with E-state index in [4.69, 9.17) is 15.2 Å². The molecule has 0 heterocycles. The molecule has 0 unspecified atom stereocenters. The summed E-state index contributed by atoms with van der Waals surface area (Å²) in [5.74, 6) is 0.991. The number of hydrogen-bond donors (Lipinski definition) is 2. The maximum absolute atomic E-state index is 11.3. The van der Waals surface area contributed by atoms with Crippen LogP contribution < -0.4 is 20.5 Å². The summed E-state index contributed by atoms with van der Waals surface area (Å²) in [4.78, 5) is 12.2. The number of ether oxygens (including phenoxy) is 2. The van der Waals surface area contributed by atoms with Crippen LogP contribution in [0.4, 0.5) is 5.69 Å².